The Labute approximate surface area is 176 Å². The standard InChI is InChI=1S/C24H27N5O/c30-24(26-17-18-9-10-22(25-16-18)28-11-3-4-12-28)20-15-19-7-1-2-8-21(19)27-23(20)29-13-5-6-14-29/h1-2,7-10,15-16H,3-6,11-14,17H2,(H,26,30). The fourth-order valence-corrected chi connectivity index (χ4v) is 4.37. The number of fused-ring (bicyclic) bond motifs is 1. The second kappa shape index (κ2) is 8.30. The van der Waals surface area contributed by atoms with E-state index in [9.17, 15) is 4.79 Å². The van der Waals surface area contributed by atoms with Crippen molar-refractivity contribution in [3.8, 4) is 0 Å². The van der Waals surface area contributed by atoms with Crippen LogP contribution in [-0.2, 0) is 6.54 Å². The predicted molar refractivity (Wildman–Crippen MR) is 120 cm³/mol. The van der Waals surface area contributed by atoms with Crippen molar-refractivity contribution in [1.29, 1.82) is 0 Å². The highest BCUT2D eigenvalue weighted by Crippen LogP contribution is 2.26. The highest BCUT2D eigenvalue weighted by Gasteiger charge is 2.22. The van der Waals surface area contributed by atoms with Crippen molar-refractivity contribution in [3.05, 3.63) is 59.8 Å². The van der Waals surface area contributed by atoms with Crippen LogP contribution in [0.5, 0.6) is 0 Å². The molecular formula is C24H27N5O. The Hall–Kier alpha value is -3.15. The van der Waals surface area contributed by atoms with Crippen molar-refractivity contribution in [2.75, 3.05) is 36.0 Å². The molecule has 2 fully saturated rings. The van der Waals surface area contributed by atoms with E-state index in [2.05, 4.69) is 32.2 Å². The van der Waals surface area contributed by atoms with Gasteiger partial charge in [0.1, 0.15) is 11.6 Å². The van der Waals surface area contributed by atoms with Gasteiger partial charge in [-0.2, -0.15) is 0 Å². The molecule has 0 unspecified atom stereocenters. The summed E-state index contributed by atoms with van der Waals surface area (Å²) in [7, 11) is 0. The van der Waals surface area contributed by atoms with Gasteiger partial charge in [-0.15, -0.1) is 0 Å². The molecule has 30 heavy (non-hydrogen) atoms. The van der Waals surface area contributed by atoms with Gasteiger partial charge < -0.3 is 15.1 Å². The van der Waals surface area contributed by atoms with Crippen LogP contribution >= 0.6 is 0 Å². The fraction of sp³-hybridized carbons (Fsp3) is 0.375. The Bertz CT molecular complexity index is 1040. The molecule has 2 aliphatic rings. The summed E-state index contributed by atoms with van der Waals surface area (Å²) in [6.45, 7) is 4.52. The van der Waals surface area contributed by atoms with Crippen LogP contribution in [-0.4, -0.2) is 42.1 Å². The van der Waals surface area contributed by atoms with Crippen LogP contribution < -0.4 is 15.1 Å². The van der Waals surface area contributed by atoms with Gasteiger partial charge in [0.15, 0.2) is 0 Å². The van der Waals surface area contributed by atoms with Crippen molar-refractivity contribution >= 4 is 28.4 Å². The van der Waals surface area contributed by atoms with Gasteiger partial charge in [-0.1, -0.05) is 24.3 Å². The second-order valence-electron chi connectivity index (χ2n) is 8.15. The zero-order valence-corrected chi connectivity index (χ0v) is 17.2. The topological polar surface area (TPSA) is 61.4 Å². The molecule has 154 valence electrons. The molecule has 0 aliphatic carbocycles. The Balaban J connectivity index is 1.34. The summed E-state index contributed by atoms with van der Waals surface area (Å²) in [6, 6.07) is 14.1. The number of benzene rings is 1. The second-order valence-corrected chi connectivity index (χ2v) is 8.15. The van der Waals surface area contributed by atoms with E-state index < -0.39 is 0 Å². The van der Waals surface area contributed by atoms with Crippen LogP contribution in [0.2, 0.25) is 0 Å². The summed E-state index contributed by atoms with van der Waals surface area (Å²) in [4.78, 5) is 27.1. The van der Waals surface area contributed by atoms with Gasteiger partial charge in [0.25, 0.3) is 5.91 Å². The number of hydrogen-bond acceptors (Lipinski definition) is 5. The normalized spacial score (nSPS) is 16.4. The van der Waals surface area contributed by atoms with Crippen molar-refractivity contribution in [2.45, 2.75) is 32.2 Å². The molecule has 0 radical (unpaired) electrons. The SMILES string of the molecule is O=C(NCc1ccc(N2CCCC2)nc1)c1cc2ccccc2nc1N1CCCC1. The average molecular weight is 402 g/mol. The fourth-order valence-electron chi connectivity index (χ4n) is 4.37. The zero-order valence-electron chi connectivity index (χ0n) is 17.2. The molecule has 0 bridgehead atoms. The Kier molecular flexibility index (Phi) is 5.22. The lowest BCUT2D eigenvalue weighted by atomic mass is 10.1. The van der Waals surface area contributed by atoms with E-state index in [0.29, 0.717) is 12.1 Å². The molecule has 1 N–H and O–H groups in total. The lowest BCUT2D eigenvalue weighted by Crippen LogP contribution is -2.28. The third-order valence-corrected chi connectivity index (χ3v) is 6.05. The van der Waals surface area contributed by atoms with E-state index in [0.717, 1.165) is 67.1 Å². The number of carbonyl (C=O) groups is 1. The van der Waals surface area contributed by atoms with Crippen molar-refractivity contribution in [1.82, 2.24) is 15.3 Å². The molecule has 3 aromatic rings. The first-order valence-electron chi connectivity index (χ1n) is 10.9. The van der Waals surface area contributed by atoms with Crippen LogP contribution in [0.4, 0.5) is 11.6 Å². The Morgan fingerprint density at radius 2 is 1.67 bits per heavy atom. The number of aromatic nitrogens is 2. The monoisotopic (exact) mass is 401 g/mol. The van der Waals surface area contributed by atoms with Gasteiger partial charge in [0.05, 0.1) is 11.1 Å². The van der Waals surface area contributed by atoms with E-state index in [1.807, 2.05) is 36.5 Å². The lowest BCUT2D eigenvalue weighted by molar-refractivity contribution is 0.0951. The molecule has 5 rings (SSSR count). The number of para-hydroxylation sites is 1. The third kappa shape index (κ3) is 3.82. The molecule has 6 nitrogen and oxygen atoms in total. The number of carbonyl (C=O) groups excluding carboxylic acids is 1. The van der Waals surface area contributed by atoms with Crippen LogP contribution in [0.1, 0.15) is 41.6 Å². The summed E-state index contributed by atoms with van der Waals surface area (Å²) in [6.07, 6.45) is 6.63. The first kappa shape index (κ1) is 18.9. The Morgan fingerprint density at radius 1 is 0.933 bits per heavy atom. The van der Waals surface area contributed by atoms with Crippen molar-refractivity contribution < 1.29 is 4.79 Å². The minimum Gasteiger partial charge on any atom is -0.357 e. The maximum absolute atomic E-state index is 13.1. The molecule has 1 amide bonds. The average Bonchev–Trinajstić information content (AvgIpc) is 3.51. The first-order valence-corrected chi connectivity index (χ1v) is 10.9. The van der Waals surface area contributed by atoms with E-state index in [1.165, 1.54) is 12.8 Å². The number of rotatable bonds is 5. The number of hydrogen-bond donors (Lipinski definition) is 1. The molecule has 6 heteroatoms. The summed E-state index contributed by atoms with van der Waals surface area (Å²) in [5.41, 5.74) is 2.58. The number of amides is 1. The quantitative estimate of drug-likeness (QED) is 0.705. The third-order valence-electron chi connectivity index (χ3n) is 6.05. The van der Waals surface area contributed by atoms with E-state index in [4.69, 9.17) is 4.98 Å². The van der Waals surface area contributed by atoms with E-state index >= 15 is 0 Å². The molecule has 2 aromatic heterocycles. The summed E-state index contributed by atoms with van der Waals surface area (Å²) < 4.78 is 0. The van der Waals surface area contributed by atoms with Gasteiger partial charge in [-0.05, 0) is 49.4 Å². The summed E-state index contributed by atoms with van der Waals surface area (Å²) in [5.74, 6) is 1.74. The maximum atomic E-state index is 13.1. The van der Waals surface area contributed by atoms with Crippen molar-refractivity contribution in [3.63, 3.8) is 0 Å². The van der Waals surface area contributed by atoms with Crippen LogP contribution in [0.25, 0.3) is 10.9 Å². The number of anilines is 2. The largest absolute Gasteiger partial charge is 0.357 e. The van der Waals surface area contributed by atoms with Crippen LogP contribution in [0.3, 0.4) is 0 Å². The first-order chi connectivity index (χ1) is 14.8. The minimum absolute atomic E-state index is 0.0845. The number of nitrogens with zero attached hydrogens (tertiary/aromatic N) is 4. The molecular weight excluding hydrogens is 374 g/mol. The minimum atomic E-state index is -0.0845. The number of nitrogens with one attached hydrogen (secondary N) is 1. The van der Waals surface area contributed by atoms with Crippen LogP contribution in [0, 0.1) is 0 Å². The number of pyridine rings is 2. The summed E-state index contributed by atoms with van der Waals surface area (Å²) in [5, 5.41) is 4.06. The van der Waals surface area contributed by atoms with Gasteiger partial charge in [0, 0.05) is 44.3 Å². The zero-order chi connectivity index (χ0) is 20.3. The highest BCUT2D eigenvalue weighted by molar-refractivity contribution is 6.02. The molecule has 2 saturated heterocycles. The van der Waals surface area contributed by atoms with Crippen molar-refractivity contribution in [2.24, 2.45) is 0 Å². The Morgan fingerprint density at radius 3 is 2.40 bits per heavy atom. The van der Waals surface area contributed by atoms with E-state index in [1.54, 1.807) is 0 Å². The molecule has 0 saturated carbocycles. The molecule has 0 atom stereocenters. The smallest absolute Gasteiger partial charge is 0.255 e. The summed E-state index contributed by atoms with van der Waals surface area (Å²) >= 11 is 0. The predicted octanol–water partition coefficient (Wildman–Crippen LogP) is 3.76. The molecule has 0 spiro atoms. The molecule has 2 aliphatic heterocycles. The highest BCUT2D eigenvalue weighted by atomic mass is 16.1. The van der Waals surface area contributed by atoms with Gasteiger partial charge in [-0.3, -0.25) is 4.79 Å². The maximum Gasteiger partial charge on any atom is 0.255 e. The van der Waals surface area contributed by atoms with Gasteiger partial charge in [0.2, 0.25) is 0 Å². The molecule has 4 heterocycles. The van der Waals surface area contributed by atoms with Gasteiger partial charge in [-0.25, -0.2) is 9.97 Å². The molecule has 1 aromatic carbocycles. The lowest BCUT2D eigenvalue weighted by Gasteiger charge is -2.20. The van der Waals surface area contributed by atoms with Gasteiger partial charge >= 0.3 is 0 Å². The van der Waals surface area contributed by atoms with Crippen LogP contribution in [0.15, 0.2) is 48.7 Å². The van der Waals surface area contributed by atoms with E-state index in [-0.39, 0.29) is 5.91 Å².